The molecule has 3 N–H and O–H groups in total. The minimum absolute atomic E-state index is 0.0542. The molecule has 0 aromatic heterocycles. The molecule has 25 heavy (non-hydrogen) atoms. The van der Waals surface area contributed by atoms with Gasteiger partial charge in [-0.2, -0.15) is 5.10 Å². The molecule has 6 nitrogen and oxygen atoms in total. The largest absolute Gasteiger partial charge is 0.497 e. The number of nitrogens with zero attached hydrogens (tertiary/aromatic N) is 1. The van der Waals surface area contributed by atoms with Crippen LogP contribution in [0.3, 0.4) is 0 Å². The van der Waals surface area contributed by atoms with Gasteiger partial charge in [-0.15, -0.1) is 0 Å². The Morgan fingerprint density at radius 2 is 2.08 bits per heavy atom. The van der Waals surface area contributed by atoms with Crippen LogP contribution in [0.4, 0.5) is 0 Å². The third-order valence-corrected chi connectivity index (χ3v) is 4.21. The van der Waals surface area contributed by atoms with Crippen LogP contribution in [0.25, 0.3) is 0 Å². The van der Waals surface area contributed by atoms with Gasteiger partial charge < -0.3 is 4.74 Å². The number of hydrogen-bond donors (Lipinski definition) is 3. The molecule has 1 aliphatic rings. The minimum atomic E-state index is -0.358. The fraction of sp³-hybridized carbons (Fsp3) is 0.222. The lowest BCUT2D eigenvalue weighted by molar-refractivity contribution is -0.122. The van der Waals surface area contributed by atoms with Crippen molar-refractivity contribution in [3.8, 4) is 5.75 Å². The fourth-order valence-electron chi connectivity index (χ4n) is 2.62. The molecule has 3 rings (SSSR count). The number of nitrogens with one attached hydrogen (secondary N) is 3. The lowest BCUT2D eigenvalue weighted by Gasteiger charge is -2.10. The third kappa shape index (κ3) is 4.57. The second kappa shape index (κ2) is 8.11. The van der Waals surface area contributed by atoms with E-state index in [0.717, 1.165) is 16.9 Å². The number of carbonyl (C=O) groups is 1. The van der Waals surface area contributed by atoms with Crippen molar-refractivity contribution in [1.29, 1.82) is 0 Å². The number of ether oxygens (including phenoxy) is 1. The maximum atomic E-state index is 12.2. The molecule has 1 fully saturated rings. The van der Waals surface area contributed by atoms with Crippen molar-refractivity contribution >= 4 is 23.7 Å². The maximum Gasteiger partial charge on any atom is 0.258 e. The number of hydrazone groups is 1. The first kappa shape index (κ1) is 17.4. The van der Waals surface area contributed by atoms with Crippen molar-refractivity contribution in [3.05, 3.63) is 64.7 Å². The summed E-state index contributed by atoms with van der Waals surface area (Å²) in [5.74, 6) is 0.612. The maximum absolute atomic E-state index is 12.2. The van der Waals surface area contributed by atoms with Gasteiger partial charge in [0.2, 0.25) is 0 Å². The highest BCUT2D eigenvalue weighted by atomic mass is 35.5. The van der Waals surface area contributed by atoms with Crippen molar-refractivity contribution in [2.45, 2.75) is 18.5 Å². The highest BCUT2D eigenvalue weighted by molar-refractivity contribution is 6.30. The van der Waals surface area contributed by atoms with E-state index in [0.29, 0.717) is 11.4 Å². The van der Waals surface area contributed by atoms with Gasteiger partial charge in [0, 0.05) is 11.1 Å². The Morgan fingerprint density at radius 1 is 1.28 bits per heavy atom. The van der Waals surface area contributed by atoms with Crippen LogP contribution in [-0.2, 0) is 4.79 Å². The fourth-order valence-corrected chi connectivity index (χ4v) is 2.82. The number of methoxy groups -OCH3 is 1. The Hall–Kier alpha value is -2.41. The van der Waals surface area contributed by atoms with E-state index in [1.54, 1.807) is 25.5 Å². The Bertz CT molecular complexity index is 764. The zero-order chi connectivity index (χ0) is 17.6. The Kier molecular flexibility index (Phi) is 5.65. The lowest BCUT2D eigenvalue weighted by Crippen LogP contribution is -2.41. The van der Waals surface area contributed by atoms with Gasteiger partial charge in [-0.05, 0) is 41.8 Å². The van der Waals surface area contributed by atoms with Crippen LogP contribution in [0.1, 0.15) is 23.6 Å². The van der Waals surface area contributed by atoms with Crippen molar-refractivity contribution in [1.82, 2.24) is 16.3 Å². The molecule has 0 spiro atoms. The van der Waals surface area contributed by atoms with Crippen LogP contribution in [0.2, 0.25) is 5.02 Å². The average molecular weight is 359 g/mol. The summed E-state index contributed by atoms with van der Waals surface area (Å²) in [6.07, 6.45) is 2.19. The molecule has 1 amide bonds. The van der Waals surface area contributed by atoms with Crippen LogP contribution >= 0.6 is 11.6 Å². The van der Waals surface area contributed by atoms with Crippen molar-refractivity contribution in [2.24, 2.45) is 5.10 Å². The predicted octanol–water partition coefficient (Wildman–Crippen LogP) is 2.41. The zero-order valence-corrected chi connectivity index (χ0v) is 14.5. The molecule has 1 saturated heterocycles. The number of hydrazine groups is 1. The average Bonchev–Trinajstić information content (AvgIpc) is 3.12. The molecule has 2 aromatic carbocycles. The first-order chi connectivity index (χ1) is 12.2. The first-order valence-electron chi connectivity index (χ1n) is 7.89. The Morgan fingerprint density at radius 3 is 2.80 bits per heavy atom. The molecule has 0 bridgehead atoms. The number of amides is 1. The molecule has 2 unspecified atom stereocenters. The number of carbonyl (C=O) groups excluding carboxylic acids is 1. The monoisotopic (exact) mass is 358 g/mol. The van der Waals surface area contributed by atoms with E-state index in [9.17, 15) is 4.79 Å². The topological polar surface area (TPSA) is 74.8 Å². The van der Waals surface area contributed by atoms with E-state index >= 15 is 0 Å². The number of hydrogen-bond acceptors (Lipinski definition) is 5. The summed E-state index contributed by atoms with van der Waals surface area (Å²) in [4.78, 5) is 12.2. The second-order valence-corrected chi connectivity index (χ2v) is 6.13. The number of benzene rings is 2. The van der Waals surface area contributed by atoms with Gasteiger partial charge in [-0.3, -0.25) is 4.79 Å². The van der Waals surface area contributed by atoms with Crippen molar-refractivity contribution in [3.63, 3.8) is 0 Å². The minimum Gasteiger partial charge on any atom is -0.497 e. The molecule has 7 heteroatoms. The molecular formula is C18H19ClN4O2. The van der Waals surface area contributed by atoms with Gasteiger partial charge in [0.1, 0.15) is 11.8 Å². The summed E-state index contributed by atoms with van der Waals surface area (Å²) in [5, 5.41) is 4.60. The molecule has 1 aliphatic heterocycles. The van der Waals surface area contributed by atoms with Crippen LogP contribution in [0.5, 0.6) is 5.75 Å². The molecule has 0 saturated carbocycles. The van der Waals surface area contributed by atoms with E-state index < -0.39 is 0 Å². The van der Waals surface area contributed by atoms with E-state index in [-0.39, 0.29) is 18.0 Å². The lowest BCUT2D eigenvalue weighted by atomic mass is 10.0. The molecule has 130 valence electrons. The van der Waals surface area contributed by atoms with E-state index in [1.807, 2.05) is 36.4 Å². The molecule has 0 aliphatic carbocycles. The molecule has 1 heterocycles. The van der Waals surface area contributed by atoms with Crippen LogP contribution in [0, 0.1) is 0 Å². The van der Waals surface area contributed by atoms with Gasteiger partial charge in [-0.1, -0.05) is 35.9 Å². The number of halogens is 1. The van der Waals surface area contributed by atoms with Gasteiger partial charge in [0.05, 0.1) is 13.3 Å². The van der Waals surface area contributed by atoms with Gasteiger partial charge in [-0.25, -0.2) is 16.3 Å². The summed E-state index contributed by atoms with van der Waals surface area (Å²) >= 11 is 5.91. The summed E-state index contributed by atoms with van der Waals surface area (Å²) in [7, 11) is 1.63. The second-order valence-electron chi connectivity index (χ2n) is 5.69. The van der Waals surface area contributed by atoms with Crippen LogP contribution in [0.15, 0.2) is 53.6 Å². The van der Waals surface area contributed by atoms with Crippen molar-refractivity contribution in [2.75, 3.05) is 7.11 Å². The smallest absolute Gasteiger partial charge is 0.258 e. The summed E-state index contributed by atoms with van der Waals surface area (Å²) in [5.41, 5.74) is 10.6. The zero-order valence-electron chi connectivity index (χ0n) is 13.7. The predicted molar refractivity (Wildman–Crippen MR) is 97.6 cm³/mol. The number of rotatable bonds is 5. The van der Waals surface area contributed by atoms with Gasteiger partial charge >= 0.3 is 0 Å². The normalized spacial score (nSPS) is 19.9. The SMILES string of the molecule is COc1ccc(C2CC(C(=O)N/N=C/c3cccc(Cl)c3)NN2)cc1. The standard InChI is InChI=1S/C18H19ClN4O2/c1-25-15-7-5-13(6-8-15)16-10-17(22-21-16)18(24)23-20-11-12-3-2-4-14(19)9-12/h2-9,11,16-17,21-22H,10H2,1H3,(H,23,24)/b20-11+. The Labute approximate surface area is 151 Å². The quantitative estimate of drug-likeness (QED) is 0.567. The summed E-state index contributed by atoms with van der Waals surface area (Å²) in [6, 6.07) is 14.7. The van der Waals surface area contributed by atoms with Gasteiger partial charge in [0.25, 0.3) is 5.91 Å². The molecule has 2 atom stereocenters. The molecule has 0 radical (unpaired) electrons. The summed E-state index contributed by atoms with van der Waals surface area (Å²) < 4.78 is 5.16. The first-order valence-corrected chi connectivity index (χ1v) is 8.27. The van der Waals surface area contributed by atoms with E-state index in [1.165, 1.54) is 0 Å². The third-order valence-electron chi connectivity index (χ3n) is 3.97. The highest BCUT2D eigenvalue weighted by Crippen LogP contribution is 2.24. The van der Waals surface area contributed by atoms with Crippen molar-refractivity contribution < 1.29 is 9.53 Å². The molecule has 2 aromatic rings. The van der Waals surface area contributed by atoms with Crippen LogP contribution in [-0.4, -0.2) is 25.3 Å². The van der Waals surface area contributed by atoms with E-state index in [4.69, 9.17) is 16.3 Å². The van der Waals surface area contributed by atoms with E-state index in [2.05, 4.69) is 21.4 Å². The molecular weight excluding hydrogens is 340 g/mol. The van der Waals surface area contributed by atoms with Gasteiger partial charge in [0.15, 0.2) is 0 Å². The van der Waals surface area contributed by atoms with Crippen LogP contribution < -0.4 is 21.0 Å². The Balaban J connectivity index is 1.53. The highest BCUT2D eigenvalue weighted by Gasteiger charge is 2.29. The summed E-state index contributed by atoms with van der Waals surface area (Å²) in [6.45, 7) is 0.